The highest BCUT2D eigenvalue weighted by molar-refractivity contribution is 7.19. The largest absolute Gasteiger partial charge is 0.366 e. The van der Waals surface area contributed by atoms with Crippen LogP contribution in [0.4, 0.5) is 16.1 Å². The molecule has 1 aliphatic heterocycles. The van der Waals surface area contributed by atoms with E-state index in [2.05, 4.69) is 35.9 Å². The highest BCUT2D eigenvalue weighted by Gasteiger charge is 2.24. The zero-order valence-corrected chi connectivity index (χ0v) is 16.8. The number of nitrogens with two attached hydrogens (primary N) is 1. The average Bonchev–Trinajstić information content (AvgIpc) is 3.38. The molecular formula is C19H20N8O2S. The number of hydrogen-bond donors (Lipinski definition) is 3. The van der Waals surface area contributed by atoms with Crippen molar-refractivity contribution in [2.75, 3.05) is 28.6 Å². The summed E-state index contributed by atoms with van der Waals surface area (Å²) in [5.41, 5.74) is 6.34. The van der Waals surface area contributed by atoms with E-state index in [0.717, 1.165) is 25.3 Å². The molecule has 1 aliphatic rings. The Morgan fingerprint density at radius 3 is 2.83 bits per heavy atom. The Morgan fingerprint density at radius 2 is 2.03 bits per heavy atom. The lowest BCUT2D eigenvalue weighted by atomic mass is 10.1. The van der Waals surface area contributed by atoms with E-state index >= 15 is 0 Å². The third-order valence-electron chi connectivity index (χ3n) is 4.65. The van der Waals surface area contributed by atoms with Crippen molar-refractivity contribution in [1.82, 2.24) is 20.4 Å². The Kier molecular flexibility index (Phi) is 5.80. The number of anilines is 3. The van der Waals surface area contributed by atoms with Crippen LogP contribution in [0.25, 0.3) is 0 Å². The normalized spacial score (nSPS) is 15.7. The van der Waals surface area contributed by atoms with Gasteiger partial charge in [0.05, 0.1) is 6.42 Å². The lowest BCUT2D eigenvalue weighted by Crippen LogP contribution is -2.26. The molecule has 0 bridgehead atoms. The molecule has 11 heteroatoms. The summed E-state index contributed by atoms with van der Waals surface area (Å²) >= 11 is 1.28. The van der Waals surface area contributed by atoms with Crippen LogP contribution in [-0.2, 0) is 11.2 Å². The van der Waals surface area contributed by atoms with Gasteiger partial charge in [-0.15, -0.1) is 15.3 Å². The second-order valence-corrected chi connectivity index (χ2v) is 7.84. The molecule has 3 heterocycles. The fourth-order valence-corrected chi connectivity index (χ4v) is 3.98. The van der Waals surface area contributed by atoms with Gasteiger partial charge in [0, 0.05) is 30.9 Å². The summed E-state index contributed by atoms with van der Waals surface area (Å²) in [7, 11) is 0. The van der Waals surface area contributed by atoms with E-state index in [-0.39, 0.29) is 18.4 Å². The van der Waals surface area contributed by atoms with Crippen molar-refractivity contribution in [2.24, 2.45) is 5.73 Å². The van der Waals surface area contributed by atoms with E-state index in [9.17, 15) is 9.59 Å². The van der Waals surface area contributed by atoms with Crippen molar-refractivity contribution in [1.29, 1.82) is 0 Å². The molecule has 2 aromatic heterocycles. The quantitative estimate of drug-likeness (QED) is 0.516. The minimum Gasteiger partial charge on any atom is -0.366 e. The number of rotatable bonds is 7. The number of carbonyl (C=O) groups excluding carboxylic acids is 2. The zero-order chi connectivity index (χ0) is 20.9. The molecule has 154 valence electrons. The van der Waals surface area contributed by atoms with E-state index in [1.54, 1.807) is 30.5 Å². The first-order valence-corrected chi connectivity index (χ1v) is 10.2. The van der Waals surface area contributed by atoms with Crippen molar-refractivity contribution >= 4 is 39.2 Å². The number of hydrogen-bond acceptors (Lipinski definition) is 9. The Balaban J connectivity index is 1.29. The molecule has 1 saturated heterocycles. The lowest BCUT2D eigenvalue weighted by Gasteiger charge is -2.16. The minimum atomic E-state index is -0.526. The van der Waals surface area contributed by atoms with E-state index in [1.807, 2.05) is 12.1 Å². The molecular weight excluding hydrogens is 404 g/mol. The van der Waals surface area contributed by atoms with Crippen molar-refractivity contribution in [2.45, 2.75) is 18.9 Å². The summed E-state index contributed by atoms with van der Waals surface area (Å²) in [6.45, 7) is 1.67. The Labute approximate surface area is 176 Å². The van der Waals surface area contributed by atoms with Crippen molar-refractivity contribution in [3.8, 4) is 0 Å². The summed E-state index contributed by atoms with van der Waals surface area (Å²) in [5, 5.41) is 23.3. The van der Waals surface area contributed by atoms with Gasteiger partial charge < -0.3 is 21.3 Å². The second-order valence-electron chi connectivity index (χ2n) is 6.86. The van der Waals surface area contributed by atoms with Crippen molar-refractivity contribution in [3.05, 3.63) is 53.7 Å². The molecule has 1 fully saturated rings. The van der Waals surface area contributed by atoms with Crippen LogP contribution in [0.1, 0.15) is 22.3 Å². The van der Waals surface area contributed by atoms with Crippen LogP contribution in [0.15, 0.2) is 42.6 Å². The molecule has 1 atom stereocenters. The fourth-order valence-electron chi connectivity index (χ4n) is 3.24. The number of amides is 2. The van der Waals surface area contributed by atoms with E-state index in [1.165, 1.54) is 11.3 Å². The number of carbonyl (C=O) groups is 2. The van der Waals surface area contributed by atoms with Crippen molar-refractivity contribution < 1.29 is 9.59 Å². The molecule has 0 radical (unpaired) electrons. The SMILES string of the molecule is NC(=O)c1cccc(CC(=O)Nc2nnc(N[C@@H]3CCN(c4cccnn4)C3)s2)c1. The van der Waals surface area contributed by atoms with Gasteiger partial charge in [-0.2, -0.15) is 5.10 Å². The van der Waals surface area contributed by atoms with Gasteiger partial charge in [0.15, 0.2) is 5.82 Å². The number of benzene rings is 1. The van der Waals surface area contributed by atoms with E-state index in [0.29, 0.717) is 21.4 Å². The number of nitrogens with zero attached hydrogens (tertiary/aromatic N) is 5. The number of nitrogens with one attached hydrogen (secondary N) is 2. The first-order chi connectivity index (χ1) is 14.6. The van der Waals surface area contributed by atoms with Crippen LogP contribution >= 0.6 is 11.3 Å². The molecule has 0 saturated carbocycles. The molecule has 1 aromatic carbocycles. The molecule has 30 heavy (non-hydrogen) atoms. The summed E-state index contributed by atoms with van der Waals surface area (Å²) in [4.78, 5) is 25.7. The molecule has 0 aliphatic carbocycles. The number of primary amides is 1. The molecule has 0 spiro atoms. The zero-order valence-electron chi connectivity index (χ0n) is 16.0. The van der Waals surface area contributed by atoms with Gasteiger partial charge in [-0.3, -0.25) is 9.59 Å². The maximum absolute atomic E-state index is 12.3. The highest BCUT2D eigenvalue weighted by atomic mass is 32.1. The maximum Gasteiger partial charge on any atom is 0.248 e. The first-order valence-electron chi connectivity index (χ1n) is 9.38. The van der Waals surface area contributed by atoms with Gasteiger partial charge in [0.2, 0.25) is 22.1 Å². The van der Waals surface area contributed by atoms with Crippen LogP contribution in [0.5, 0.6) is 0 Å². The van der Waals surface area contributed by atoms with Crippen LogP contribution < -0.4 is 21.3 Å². The van der Waals surface area contributed by atoms with Gasteiger partial charge in [-0.1, -0.05) is 23.5 Å². The number of aromatic nitrogens is 4. The van der Waals surface area contributed by atoms with Gasteiger partial charge in [-0.25, -0.2) is 0 Å². The fraction of sp³-hybridized carbons (Fsp3) is 0.263. The van der Waals surface area contributed by atoms with Gasteiger partial charge >= 0.3 is 0 Å². The van der Waals surface area contributed by atoms with Gasteiger partial charge in [0.25, 0.3) is 0 Å². The average molecular weight is 424 g/mol. The molecule has 3 aromatic rings. The summed E-state index contributed by atoms with van der Waals surface area (Å²) in [6.07, 6.45) is 2.70. The smallest absolute Gasteiger partial charge is 0.248 e. The maximum atomic E-state index is 12.3. The monoisotopic (exact) mass is 424 g/mol. The van der Waals surface area contributed by atoms with Crippen molar-refractivity contribution in [3.63, 3.8) is 0 Å². The van der Waals surface area contributed by atoms with Crippen LogP contribution in [0.2, 0.25) is 0 Å². The predicted molar refractivity (Wildman–Crippen MR) is 113 cm³/mol. The van der Waals surface area contributed by atoms with E-state index in [4.69, 9.17) is 5.73 Å². The van der Waals surface area contributed by atoms with Gasteiger partial charge in [0.1, 0.15) is 0 Å². The summed E-state index contributed by atoms with van der Waals surface area (Å²) in [5.74, 6) is 0.0864. The molecule has 0 unspecified atom stereocenters. The second kappa shape index (κ2) is 8.82. The predicted octanol–water partition coefficient (Wildman–Crippen LogP) is 1.30. The summed E-state index contributed by atoms with van der Waals surface area (Å²) < 4.78 is 0. The third-order valence-corrected chi connectivity index (χ3v) is 5.42. The van der Waals surface area contributed by atoms with Crippen LogP contribution in [0.3, 0.4) is 0 Å². The van der Waals surface area contributed by atoms with Gasteiger partial charge in [-0.05, 0) is 36.2 Å². The highest BCUT2D eigenvalue weighted by Crippen LogP contribution is 2.24. The molecule has 4 rings (SSSR count). The minimum absolute atomic E-state index is 0.110. The molecule has 2 amide bonds. The molecule has 4 N–H and O–H groups in total. The Morgan fingerprint density at radius 1 is 1.17 bits per heavy atom. The molecule has 10 nitrogen and oxygen atoms in total. The lowest BCUT2D eigenvalue weighted by molar-refractivity contribution is -0.115. The van der Waals surface area contributed by atoms with E-state index < -0.39 is 5.91 Å². The Bertz CT molecular complexity index is 1040. The first kappa shape index (κ1) is 19.7. The van der Waals surface area contributed by atoms with Crippen LogP contribution in [0, 0.1) is 0 Å². The topological polar surface area (TPSA) is 139 Å². The van der Waals surface area contributed by atoms with Crippen LogP contribution in [-0.4, -0.2) is 51.3 Å². The summed E-state index contributed by atoms with van der Waals surface area (Å²) in [6, 6.07) is 10.7. The third kappa shape index (κ3) is 4.87. The standard InChI is InChI=1S/C19H20N8O2S/c20-17(29)13-4-1-3-12(9-13)10-16(28)23-19-26-25-18(30-19)22-14-6-8-27(11-14)15-5-2-7-21-24-15/h1-5,7,9,14H,6,8,10-11H2,(H2,20,29)(H,22,25)(H,23,26,28)/t14-/m1/s1. The Hall–Kier alpha value is -3.60.